The summed E-state index contributed by atoms with van der Waals surface area (Å²) in [4.78, 5) is 22.1. The van der Waals surface area contributed by atoms with E-state index in [1.165, 1.54) is 0 Å². The van der Waals surface area contributed by atoms with E-state index in [9.17, 15) is 9.59 Å². The zero-order valence-electron chi connectivity index (χ0n) is 9.39. The first-order chi connectivity index (χ1) is 7.66. The molecule has 0 spiro atoms. The van der Waals surface area contributed by atoms with Gasteiger partial charge in [0.1, 0.15) is 0 Å². The molecule has 4 heteroatoms. The second-order valence-electron chi connectivity index (χ2n) is 3.67. The van der Waals surface area contributed by atoms with Crippen LogP contribution in [0.25, 0.3) is 0 Å². The van der Waals surface area contributed by atoms with Gasteiger partial charge in [-0.15, -0.1) is 0 Å². The fourth-order valence-corrected chi connectivity index (χ4v) is 1.37. The van der Waals surface area contributed by atoms with Gasteiger partial charge in [-0.05, 0) is 19.8 Å². The van der Waals surface area contributed by atoms with E-state index in [2.05, 4.69) is 6.08 Å². The Bertz CT molecular complexity index is 320. The molecule has 0 aromatic rings. The van der Waals surface area contributed by atoms with Gasteiger partial charge >= 0.3 is 0 Å². The van der Waals surface area contributed by atoms with Gasteiger partial charge in [-0.1, -0.05) is 24.3 Å². The maximum atomic E-state index is 11.4. The summed E-state index contributed by atoms with van der Waals surface area (Å²) in [7, 11) is 0. The SMILES string of the molecule is CC=CCCC=CCC(=O)[C@@H]1O[C@@H]1C(N)=O. The molecule has 0 aliphatic carbocycles. The fraction of sp³-hybridized carbons (Fsp3) is 0.500. The van der Waals surface area contributed by atoms with Gasteiger partial charge in [0, 0.05) is 6.42 Å². The number of carbonyl (C=O) groups is 2. The average Bonchev–Trinajstić information content (AvgIpc) is 3.02. The topological polar surface area (TPSA) is 72.7 Å². The number of ketones is 1. The van der Waals surface area contributed by atoms with E-state index in [0.29, 0.717) is 6.42 Å². The first kappa shape index (κ1) is 12.6. The van der Waals surface area contributed by atoms with Gasteiger partial charge in [-0.3, -0.25) is 9.59 Å². The summed E-state index contributed by atoms with van der Waals surface area (Å²) >= 11 is 0. The molecule has 1 rings (SSSR count). The van der Waals surface area contributed by atoms with E-state index >= 15 is 0 Å². The molecule has 1 aliphatic heterocycles. The highest BCUT2D eigenvalue weighted by atomic mass is 16.6. The van der Waals surface area contributed by atoms with Crippen molar-refractivity contribution in [2.24, 2.45) is 5.73 Å². The highest BCUT2D eigenvalue weighted by molar-refractivity contribution is 5.95. The maximum Gasteiger partial charge on any atom is 0.249 e. The van der Waals surface area contributed by atoms with Crippen molar-refractivity contribution in [1.29, 1.82) is 0 Å². The van der Waals surface area contributed by atoms with E-state index in [4.69, 9.17) is 10.5 Å². The van der Waals surface area contributed by atoms with Gasteiger partial charge in [-0.2, -0.15) is 0 Å². The Morgan fingerprint density at radius 2 is 1.88 bits per heavy atom. The van der Waals surface area contributed by atoms with Crippen LogP contribution in [0.4, 0.5) is 0 Å². The average molecular weight is 223 g/mol. The lowest BCUT2D eigenvalue weighted by atomic mass is 10.1. The molecule has 0 radical (unpaired) electrons. The van der Waals surface area contributed by atoms with Crippen LogP contribution in [-0.2, 0) is 14.3 Å². The molecule has 4 nitrogen and oxygen atoms in total. The molecular weight excluding hydrogens is 206 g/mol. The van der Waals surface area contributed by atoms with Crippen molar-refractivity contribution in [3.05, 3.63) is 24.3 Å². The van der Waals surface area contributed by atoms with Gasteiger partial charge in [0.2, 0.25) is 5.91 Å². The largest absolute Gasteiger partial charge is 0.367 e. The number of nitrogens with two attached hydrogens (primary N) is 1. The Morgan fingerprint density at radius 3 is 2.44 bits per heavy atom. The van der Waals surface area contributed by atoms with Crippen LogP contribution in [0.2, 0.25) is 0 Å². The van der Waals surface area contributed by atoms with Crippen molar-refractivity contribution in [3.8, 4) is 0 Å². The lowest BCUT2D eigenvalue weighted by Gasteiger charge is -1.90. The number of hydrogen-bond acceptors (Lipinski definition) is 3. The Morgan fingerprint density at radius 1 is 1.19 bits per heavy atom. The summed E-state index contributed by atoms with van der Waals surface area (Å²) < 4.78 is 4.87. The number of rotatable bonds is 7. The summed E-state index contributed by atoms with van der Waals surface area (Å²) in [6.07, 6.45) is 8.75. The van der Waals surface area contributed by atoms with Crippen molar-refractivity contribution in [3.63, 3.8) is 0 Å². The number of allylic oxidation sites excluding steroid dienone is 4. The maximum absolute atomic E-state index is 11.4. The predicted octanol–water partition coefficient (Wildman–Crippen LogP) is 1.11. The van der Waals surface area contributed by atoms with Crippen LogP contribution < -0.4 is 5.73 Å². The van der Waals surface area contributed by atoms with Crippen LogP contribution in [0.5, 0.6) is 0 Å². The number of ether oxygens (including phenoxy) is 1. The molecule has 2 N–H and O–H groups in total. The van der Waals surface area contributed by atoms with E-state index in [1.54, 1.807) is 0 Å². The zero-order chi connectivity index (χ0) is 12.0. The van der Waals surface area contributed by atoms with Gasteiger partial charge in [0.05, 0.1) is 0 Å². The third-order valence-electron chi connectivity index (χ3n) is 2.31. The number of primary amides is 1. The van der Waals surface area contributed by atoms with Gasteiger partial charge in [0.15, 0.2) is 18.0 Å². The van der Waals surface area contributed by atoms with Crippen molar-refractivity contribution in [2.75, 3.05) is 0 Å². The minimum Gasteiger partial charge on any atom is -0.367 e. The van der Waals surface area contributed by atoms with E-state index in [0.717, 1.165) is 12.8 Å². The summed E-state index contributed by atoms with van der Waals surface area (Å²) in [6.45, 7) is 1.97. The first-order valence-corrected chi connectivity index (χ1v) is 5.40. The third-order valence-corrected chi connectivity index (χ3v) is 2.31. The Hall–Kier alpha value is -1.42. The molecule has 88 valence electrons. The molecule has 0 bridgehead atoms. The number of hydrogen-bond donors (Lipinski definition) is 1. The van der Waals surface area contributed by atoms with Gasteiger partial charge in [0.25, 0.3) is 0 Å². The fourth-order valence-electron chi connectivity index (χ4n) is 1.37. The predicted molar refractivity (Wildman–Crippen MR) is 60.7 cm³/mol. The van der Waals surface area contributed by atoms with Crippen LogP contribution in [0.1, 0.15) is 26.2 Å². The summed E-state index contributed by atoms with van der Waals surface area (Å²) in [5.41, 5.74) is 4.99. The molecule has 1 aliphatic rings. The molecular formula is C12H17NO3. The Labute approximate surface area is 95.1 Å². The summed E-state index contributed by atoms with van der Waals surface area (Å²) in [5.74, 6) is -0.638. The molecule has 0 unspecified atom stereocenters. The highest BCUT2D eigenvalue weighted by Gasteiger charge is 2.48. The molecule has 1 heterocycles. The van der Waals surface area contributed by atoms with Crippen molar-refractivity contribution < 1.29 is 14.3 Å². The van der Waals surface area contributed by atoms with Crippen LogP contribution >= 0.6 is 0 Å². The monoisotopic (exact) mass is 223 g/mol. The lowest BCUT2D eigenvalue weighted by Crippen LogP contribution is -2.22. The number of carbonyl (C=O) groups excluding carboxylic acids is 2. The standard InChI is InChI=1S/C12H17NO3/c1-2-3-4-5-6-7-8-9(14)10-11(16-10)12(13)15/h2-3,6-7,10-11H,4-5,8H2,1H3,(H2,13,15)/t10-,11-/m0/s1. The van der Waals surface area contributed by atoms with Crippen LogP contribution in [-0.4, -0.2) is 23.9 Å². The van der Waals surface area contributed by atoms with Gasteiger partial charge < -0.3 is 10.5 Å². The van der Waals surface area contributed by atoms with Crippen LogP contribution in [0.3, 0.4) is 0 Å². The normalized spacial score (nSPS) is 24.1. The molecule has 1 fully saturated rings. The highest BCUT2D eigenvalue weighted by Crippen LogP contribution is 2.23. The number of Topliss-reactive ketones (excluding diaryl/α,β-unsaturated/α-hetero) is 1. The minimum absolute atomic E-state index is 0.0777. The van der Waals surface area contributed by atoms with E-state index in [1.807, 2.05) is 25.2 Å². The third kappa shape index (κ3) is 3.98. The molecule has 16 heavy (non-hydrogen) atoms. The van der Waals surface area contributed by atoms with Gasteiger partial charge in [-0.25, -0.2) is 0 Å². The molecule has 0 aromatic heterocycles. The van der Waals surface area contributed by atoms with E-state index < -0.39 is 18.1 Å². The molecule has 0 aromatic carbocycles. The lowest BCUT2D eigenvalue weighted by molar-refractivity contribution is -0.121. The van der Waals surface area contributed by atoms with Crippen molar-refractivity contribution >= 4 is 11.7 Å². The van der Waals surface area contributed by atoms with Crippen LogP contribution in [0, 0.1) is 0 Å². The second kappa shape index (κ2) is 6.23. The smallest absolute Gasteiger partial charge is 0.249 e. The number of epoxide rings is 1. The molecule has 2 atom stereocenters. The summed E-state index contributed by atoms with van der Waals surface area (Å²) in [5, 5.41) is 0. The zero-order valence-corrected chi connectivity index (χ0v) is 9.39. The first-order valence-electron chi connectivity index (χ1n) is 5.40. The number of amides is 1. The van der Waals surface area contributed by atoms with E-state index in [-0.39, 0.29) is 5.78 Å². The summed E-state index contributed by atoms with van der Waals surface area (Å²) in [6, 6.07) is 0. The van der Waals surface area contributed by atoms with Crippen LogP contribution in [0.15, 0.2) is 24.3 Å². The quantitative estimate of drug-likeness (QED) is 0.399. The second-order valence-corrected chi connectivity index (χ2v) is 3.67. The number of unbranched alkanes of at least 4 members (excludes halogenated alkanes) is 1. The van der Waals surface area contributed by atoms with Crippen molar-refractivity contribution in [2.45, 2.75) is 38.4 Å². The molecule has 0 saturated carbocycles. The Kier molecular flexibility index (Phi) is 4.92. The molecule has 1 saturated heterocycles. The minimum atomic E-state index is -0.691. The Balaban J connectivity index is 2.14. The van der Waals surface area contributed by atoms with Crippen molar-refractivity contribution in [1.82, 2.24) is 0 Å². The molecule has 1 amide bonds.